The first-order chi connectivity index (χ1) is 12.9. The normalized spacial score (nSPS) is 16.9. The molecule has 142 valence electrons. The van der Waals surface area contributed by atoms with E-state index in [-0.39, 0.29) is 11.7 Å². The largest absolute Gasteiger partial charge is 0.433 e. The van der Waals surface area contributed by atoms with Gasteiger partial charge in [0.15, 0.2) is 5.69 Å². The molecule has 1 aliphatic rings. The molecule has 0 bridgehead atoms. The lowest BCUT2D eigenvalue weighted by atomic mass is 9.92. The highest BCUT2D eigenvalue weighted by Gasteiger charge is 2.36. The van der Waals surface area contributed by atoms with E-state index in [0.29, 0.717) is 5.69 Å². The van der Waals surface area contributed by atoms with E-state index in [0.717, 1.165) is 49.4 Å². The summed E-state index contributed by atoms with van der Waals surface area (Å²) in [5.41, 5.74) is 2.19. The van der Waals surface area contributed by atoms with Crippen LogP contribution in [0.3, 0.4) is 0 Å². The van der Waals surface area contributed by atoms with Crippen molar-refractivity contribution in [3.05, 3.63) is 59.2 Å². The molecule has 0 aliphatic carbocycles. The zero-order valence-corrected chi connectivity index (χ0v) is 14.9. The molecule has 0 saturated carbocycles. The van der Waals surface area contributed by atoms with Crippen molar-refractivity contribution < 1.29 is 13.2 Å². The Hall–Kier alpha value is -2.48. The number of aryl methyl sites for hydroxylation is 1. The second kappa shape index (κ2) is 6.92. The fraction of sp³-hybridized carbons (Fsp3) is 0.421. The SMILES string of the molecule is Cc1ccccc1CN1CCC(c2cc(C(F)(F)F)n3ncnc3n2)CC1. The Labute approximate surface area is 154 Å². The summed E-state index contributed by atoms with van der Waals surface area (Å²) in [4.78, 5) is 10.5. The Morgan fingerprint density at radius 3 is 2.59 bits per heavy atom. The second-order valence-electron chi connectivity index (χ2n) is 7.01. The van der Waals surface area contributed by atoms with Gasteiger partial charge >= 0.3 is 6.18 Å². The van der Waals surface area contributed by atoms with Gasteiger partial charge in [-0.05, 0) is 50.0 Å². The van der Waals surface area contributed by atoms with E-state index in [4.69, 9.17) is 0 Å². The molecule has 4 rings (SSSR count). The summed E-state index contributed by atoms with van der Waals surface area (Å²) in [7, 11) is 0. The van der Waals surface area contributed by atoms with Crippen LogP contribution < -0.4 is 0 Å². The fourth-order valence-corrected chi connectivity index (χ4v) is 3.66. The molecule has 0 spiro atoms. The standard InChI is InChI=1S/C19H20F3N5/c1-13-4-2-3-5-15(13)11-26-8-6-14(7-9-26)16-10-17(19(20,21)22)27-18(25-16)23-12-24-27/h2-5,10,12,14H,6-9,11H2,1H3. The molecule has 27 heavy (non-hydrogen) atoms. The van der Waals surface area contributed by atoms with E-state index in [1.54, 1.807) is 0 Å². The van der Waals surface area contributed by atoms with Gasteiger partial charge in [0.2, 0.25) is 0 Å². The number of hydrogen-bond acceptors (Lipinski definition) is 4. The highest BCUT2D eigenvalue weighted by molar-refractivity contribution is 5.33. The van der Waals surface area contributed by atoms with E-state index < -0.39 is 11.9 Å². The Bertz CT molecular complexity index is 942. The van der Waals surface area contributed by atoms with Gasteiger partial charge in [0.05, 0.1) is 0 Å². The van der Waals surface area contributed by atoms with Gasteiger partial charge in [-0.1, -0.05) is 24.3 Å². The molecule has 3 aromatic rings. The molecular formula is C19H20F3N5. The first kappa shape index (κ1) is 17.9. The van der Waals surface area contributed by atoms with Crippen molar-refractivity contribution in [2.75, 3.05) is 13.1 Å². The van der Waals surface area contributed by atoms with Crippen LogP contribution >= 0.6 is 0 Å². The molecule has 1 fully saturated rings. The van der Waals surface area contributed by atoms with Gasteiger partial charge in [-0.25, -0.2) is 4.98 Å². The number of aromatic nitrogens is 4. The predicted octanol–water partition coefficient (Wildman–Crippen LogP) is 3.83. The van der Waals surface area contributed by atoms with Crippen molar-refractivity contribution in [2.45, 2.75) is 38.4 Å². The number of benzene rings is 1. The van der Waals surface area contributed by atoms with Gasteiger partial charge in [0.25, 0.3) is 5.78 Å². The average Bonchev–Trinajstić information content (AvgIpc) is 3.11. The minimum atomic E-state index is -4.49. The maximum atomic E-state index is 13.4. The lowest BCUT2D eigenvalue weighted by Crippen LogP contribution is -2.33. The lowest BCUT2D eigenvalue weighted by molar-refractivity contribution is -0.142. The summed E-state index contributed by atoms with van der Waals surface area (Å²) < 4.78 is 40.8. The molecular weight excluding hydrogens is 355 g/mol. The number of alkyl halides is 3. The van der Waals surface area contributed by atoms with Crippen molar-refractivity contribution in [1.29, 1.82) is 0 Å². The molecule has 1 saturated heterocycles. The van der Waals surface area contributed by atoms with Gasteiger partial charge in [-0.2, -0.15) is 27.8 Å². The number of likely N-dealkylation sites (tertiary alicyclic amines) is 1. The quantitative estimate of drug-likeness (QED) is 0.698. The third-order valence-corrected chi connectivity index (χ3v) is 5.22. The Kier molecular flexibility index (Phi) is 4.59. The smallest absolute Gasteiger partial charge is 0.299 e. The number of nitrogens with zero attached hydrogens (tertiary/aromatic N) is 5. The third-order valence-electron chi connectivity index (χ3n) is 5.22. The van der Waals surface area contributed by atoms with Crippen LogP contribution in [0.15, 0.2) is 36.7 Å². The minimum Gasteiger partial charge on any atom is -0.299 e. The summed E-state index contributed by atoms with van der Waals surface area (Å²) in [6.45, 7) is 4.63. The summed E-state index contributed by atoms with van der Waals surface area (Å²) in [5.74, 6) is 0.00286. The molecule has 0 amide bonds. The topological polar surface area (TPSA) is 46.3 Å². The Morgan fingerprint density at radius 2 is 1.89 bits per heavy atom. The van der Waals surface area contributed by atoms with Gasteiger partial charge in [0.1, 0.15) is 6.33 Å². The van der Waals surface area contributed by atoms with Crippen molar-refractivity contribution in [1.82, 2.24) is 24.5 Å². The highest BCUT2D eigenvalue weighted by atomic mass is 19.4. The zero-order valence-electron chi connectivity index (χ0n) is 14.9. The summed E-state index contributed by atoms with van der Waals surface area (Å²) >= 11 is 0. The van der Waals surface area contributed by atoms with Crippen LogP contribution in [0.1, 0.15) is 41.3 Å². The molecule has 5 nitrogen and oxygen atoms in total. The second-order valence-corrected chi connectivity index (χ2v) is 7.01. The Balaban J connectivity index is 1.51. The van der Waals surface area contributed by atoms with E-state index in [2.05, 4.69) is 39.0 Å². The van der Waals surface area contributed by atoms with E-state index >= 15 is 0 Å². The van der Waals surface area contributed by atoms with Crippen LogP contribution in [0, 0.1) is 6.92 Å². The van der Waals surface area contributed by atoms with Gasteiger partial charge in [-0.15, -0.1) is 0 Å². The first-order valence-electron chi connectivity index (χ1n) is 8.96. The monoisotopic (exact) mass is 375 g/mol. The van der Waals surface area contributed by atoms with Crippen LogP contribution in [-0.2, 0) is 12.7 Å². The number of piperidine rings is 1. The lowest BCUT2D eigenvalue weighted by Gasteiger charge is -2.32. The van der Waals surface area contributed by atoms with Crippen LogP contribution in [0.2, 0.25) is 0 Å². The summed E-state index contributed by atoms with van der Waals surface area (Å²) in [5, 5.41) is 3.65. The van der Waals surface area contributed by atoms with Crippen LogP contribution in [0.4, 0.5) is 13.2 Å². The van der Waals surface area contributed by atoms with E-state index in [1.807, 2.05) is 12.1 Å². The van der Waals surface area contributed by atoms with Gasteiger partial charge < -0.3 is 0 Å². The van der Waals surface area contributed by atoms with Crippen LogP contribution in [-0.4, -0.2) is 37.6 Å². The fourth-order valence-electron chi connectivity index (χ4n) is 3.66. The number of rotatable bonds is 3. The summed E-state index contributed by atoms with van der Waals surface area (Å²) in [6, 6.07) is 9.40. The van der Waals surface area contributed by atoms with E-state index in [1.165, 1.54) is 11.1 Å². The molecule has 2 aromatic heterocycles. The maximum absolute atomic E-state index is 13.4. The number of halogens is 3. The molecule has 3 heterocycles. The van der Waals surface area contributed by atoms with Crippen molar-refractivity contribution >= 4 is 5.78 Å². The van der Waals surface area contributed by atoms with Crippen LogP contribution in [0.25, 0.3) is 5.78 Å². The molecule has 0 unspecified atom stereocenters. The molecule has 0 radical (unpaired) electrons. The summed E-state index contributed by atoms with van der Waals surface area (Å²) in [6.07, 6.45) is -1.83. The van der Waals surface area contributed by atoms with Crippen LogP contribution in [0.5, 0.6) is 0 Å². The molecule has 0 atom stereocenters. The Morgan fingerprint density at radius 1 is 1.15 bits per heavy atom. The van der Waals surface area contributed by atoms with Crippen molar-refractivity contribution in [3.8, 4) is 0 Å². The minimum absolute atomic E-state index is 0.000852. The average molecular weight is 375 g/mol. The maximum Gasteiger partial charge on any atom is 0.433 e. The predicted molar refractivity (Wildman–Crippen MR) is 94.2 cm³/mol. The van der Waals surface area contributed by atoms with Gasteiger partial charge in [0, 0.05) is 18.2 Å². The van der Waals surface area contributed by atoms with Gasteiger partial charge in [-0.3, -0.25) is 4.90 Å². The number of hydrogen-bond donors (Lipinski definition) is 0. The molecule has 1 aliphatic heterocycles. The third kappa shape index (κ3) is 3.66. The first-order valence-corrected chi connectivity index (χ1v) is 8.96. The van der Waals surface area contributed by atoms with Crippen molar-refractivity contribution in [3.63, 3.8) is 0 Å². The molecule has 8 heteroatoms. The van der Waals surface area contributed by atoms with E-state index in [9.17, 15) is 13.2 Å². The molecule has 1 aromatic carbocycles. The molecule has 0 N–H and O–H groups in total. The highest BCUT2D eigenvalue weighted by Crippen LogP contribution is 2.33. The number of fused-ring (bicyclic) bond motifs is 1. The zero-order chi connectivity index (χ0) is 19.0. The van der Waals surface area contributed by atoms with Crippen molar-refractivity contribution in [2.24, 2.45) is 0 Å².